The third-order valence-electron chi connectivity index (χ3n) is 5.92. The number of hydrogen-bond donors (Lipinski definition) is 0. The van der Waals surface area contributed by atoms with Crippen LogP contribution in [0, 0.1) is 6.92 Å². The first-order valence-corrected chi connectivity index (χ1v) is 10.7. The van der Waals surface area contributed by atoms with Crippen LogP contribution in [0.3, 0.4) is 0 Å². The minimum absolute atomic E-state index is 0.244. The van der Waals surface area contributed by atoms with Gasteiger partial charge in [-0.15, -0.1) is 0 Å². The molecular weight excluding hydrogens is 378 g/mol. The Labute approximate surface area is 176 Å². The lowest BCUT2D eigenvalue weighted by Crippen LogP contribution is -2.50. The van der Waals surface area contributed by atoms with E-state index in [4.69, 9.17) is 0 Å². The van der Waals surface area contributed by atoms with Crippen molar-refractivity contribution in [2.75, 3.05) is 37.6 Å². The summed E-state index contributed by atoms with van der Waals surface area (Å²) in [7, 11) is 0. The maximum atomic E-state index is 13.1. The van der Waals surface area contributed by atoms with E-state index in [0.29, 0.717) is 24.9 Å². The zero-order valence-corrected chi connectivity index (χ0v) is 17.3. The zero-order chi connectivity index (χ0) is 20.5. The van der Waals surface area contributed by atoms with Gasteiger partial charge in [0.05, 0.1) is 6.54 Å². The Morgan fingerprint density at radius 3 is 2.63 bits per heavy atom. The predicted molar refractivity (Wildman–Crippen MR) is 114 cm³/mol. The van der Waals surface area contributed by atoms with Crippen molar-refractivity contribution in [1.29, 1.82) is 0 Å². The molecule has 1 aliphatic heterocycles. The maximum absolute atomic E-state index is 13.1. The number of carbonyl (C=O) groups is 1. The Kier molecular flexibility index (Phi) is 5.08. The number of nitrogens with zero attached hydrogens (tertiary/aromatic N) is 7. The van der Waals surface area contributed by atoms with E-state index in [1.165, 1.54) is 5.56 Å². The van der Waals surface area contributed by atoms with E-state index in [1.807, 2.05) is 25.1 Å². The second-order valence-corrected chi connectivity index (χ2v) is 8.23. The summed E-state index contributed by atoms with van der Waals surface area (Å²) in [6, 6.07) is 12.8. The normalized spacial score (nSPS) is 17.4. The molecule has 2 fully saturated rings. The summed E-state index contributed by atoms with van der Waals surface area (Å²) in [5.74, 6) is 1.89. The van der Waals surface area contributed by atoms with Gasteiger partial charge in [0.1, 0.15) is 12.1 Å². The molecule has 3 aromatic rings. The molecule has 2 aliphatic rings. The molecule has 0 bridgehead atoms. The van der Waals surface area contributed by atoms with Crippen molar-refractivity contribution in [3.05, 3.63) is 54.0 Å². The Hall–Kier alpha value is -3.00. The highest BCUT2D eigenvalue weighted by Gasteiger charge is 2.33. The van der Waals surface area contributed by atoms with Gasteiger partial charge in [-0.25, -0.2) is 4.98 Å². The van der Waals surface area contributed by atoms with Gasteiger partial charge in [0, 0.05) is 50.5 Å². The Bertz CT molecular complexity index is 1020. The minimum Gasteiger partial charge on any atom is -0.354 e. The summed E-state index contributed by atoms with van der Waals surface area (Å²) in [5, 5.41) is 4.32. The van der Waals surface area contributed by atoms with Crippen molar-refractivity contribution in [3.63, 3.8) is 0 Å². The number of amides is 1. The van der Waals surface area contributed by atoms with Gasteiger partial charge in [0.2, 0.25) is 5.91 Å². The van der Waals surface area contributed by atoms with Gasteiger partial charge < -0.3 is 9.80 Å². The molecule has 0 unspecified atom stereocenters. The molecule has 0 atom stereocenters. The van der Waals surface area contributed by atoms with Crippen molar-refractivity contribution in [1.82, 2.24) is 29.4 Å². The quantitative estimate of drug-likeness (QED) is 0.622. The molecule has 3 heterocycles. The number of anilines is 1. The van der Waals surface area contributed by atoms with E-state index in [2.05, 4.69) is 48.0 Å². The fourth-order valence-electron chi connectivity index (χ4n) is 4.14. The lowest BCUT2D eigenvalue weighted by atomic mass is 10.2. The summed E-state index contributed by atoms with van der Waals surface area (Å²) < 4.78 is 1.79. The molecule has 5 rings (SSSR count). The fraction of sp³-hybridized carbons (Fsp3) is 0.455. The lowest BCUT2D eigenvalue weighted by Gasteiger charge is -2.36. The van der Waals surface area contributed by atoms with Crippen LogP contribution < -0.4 is 4.90 Å². The monoisotopic (exact) mass is 405 g/mol. The van der Waals surface area contributed by atoms with Crippen molar-refractivity contribution >= 4 is 17.5 Å². The molecule has 0 N–H and O–H groups in total. The number of aryl methyl sites for hydroxylation is 1. The number of hydrogen-bond acceptors (Lipinski definition) is 6. The van der Waals surface area contributed by atoms with E-state index in [-0.39, 0.29) is 5.91 Å². The Morgan fingerprint density at radius 2 is 1.90 bits per heavy atom. The van der Waals surface area contributed by atoms with Gasteiger partial charge in [-0.05, 0) is 25.3 Å². The van der Waals surface area contributed by atoms with Crippen LogP contribution in [-0.4, -0.2) is 74.1 Å². The molecule has 1 aromatic carbocycles. The summed E-state index contributed by atoms with van der Waals surface area (Å²) in [5.41, 5.74) is 2.14. The molecule has 2 aromatic heterocycles. The Morgan fingerprint density at radius 1 is 1.13 bits per heavy atom. The summed E-state index contributed by atoms with van der Waals surface area (Å²) in [4.78, 5) is 28.4. The van der Waals surface area contributed by atoms with Crippen LogP contribution in [0.5, 0.6) is 0 Å². The van der Waals surface area contributed by atoms with E-state index in [9.17, 15) is 4.79 Å². The highest BCUT2D eigenvalue weighted by Crippen LogP contribution is 2.28. The van der Waals surface area contributed by atoms with Crippen LogP contribution in [0.2, 0.25) is 0 Å². The van der Waals surface area contributed by atoms with Crippen molar-refractivity contribution in [3.8, 4) is 0 Å². The Balaban J connectivity index is 1.21. The molecule has 30 heavy (non-hydrogen) atoms. The number of aromatic nitrogens is 4. The molecule has 8 heteroatoms. The highest BCUT2D eigenvalue weighted by atomic mass is 16.2. The smallest absolute Gasteiger partial charge is 0.254 e. The zero-order valence-electron chi connectivity index (χ0n) is 17.3. The average molecular weight is 406 g/mol. The molecule has 1 saturated carbocycles. The molecule has 156 valence electrons. The van der Waals surface area contributed by atoms with Gasteiger partial charge in [-0.2, -0.15) is 14.6 Å². The van der Waals surface area contributed by atoms with Crippen LogP contribution in [0.4, 0.5) is 5.82 Å². The lowest BCUT2D eigenvalue weighted by molar-refractivity contribution is -0.133. The van der Waals surface area contributed by atoms with E-state index >= 15 is 0 Å². The average Bonchev–Trinajstić information content (AvgIpc) is 3.49. The molecule has 1 saturated heterocycles. The first-order valence-electron chi connectivity index (χ1n) is 10.7. The highest BCUT2D eigenvalue weighted by molar-refractivity contribution is 5.79. The summed E-state index contributed by atoms with van der Waals surface area (Å²) in [6.45, 7) is 6.60. The van der Waals surface area contributed by atoms with E-state index < -0.39 is 0 Å². The van der Waals surface area contributed by atoms with E-state index in [0.717, 1.165) is 50.5 Å². The van der Waals surface area contributed by atoms with Crippen LogP contribution in [-0.2, 0) is 11.3 Å². The fourth-order valence-corrected chi connectivity index (χ4v) is 4.14. The van der Waals surface area contributed by atoms with Crippen LogP contribution in [0.25, 0.3) is 5.78 Å². The second-order valence-electron chi connectivity index (χ2n) is 8.23. The van der Waals surface area contributed by atoms with Gasteiger partial charge in [-0.1, -0.05) is 30.3 Å². The SMILES string of the molecule is Cc1cc(N2CCN(CC(=O)N(Cc3ccccc3)C3CC3)CC2)n2ncnc2n1. The topological polar surface area (TPSA) is 69.9 Å². The van der Waals surface area contributed by atoms with Crippen LogP contribution >= 0.6 is 0 Å². The number of benzene rings is 1. The third kappa shape index (κ3) is 4.00. The maximum Gasteiger partial charge on any atom is 0.254 e. The third-order valence-corrected chi connectivity index (χ3v) is 5.92. The number of rotatable bonds is 6. The molecule has 1 aliphatic carbocycles. The van der Waals surface area contributed by atoms with Gasteiger partial charge in [-0.3, -0.25) is 9.69 Å². The summed E-state index contributed by atoms with van der Waals surface area (Å²) in [6.07, 6.45) is 3.79. The van der Waals surface area contributed by atoms with Crippen molar-refractivity contribution in [2.24, 2.45) is 0 Å². The van der Waals surface area contributed by atoms with Crippen molar-refractivity contribution < 1.29 is 4.79 Å². The number of carbonyl (C=O) groups excluding carboxylic acids is 1. The summed E-state index contributed by atoms with van der Waals surface area (Å²) >= 11 is 0. The standard InChI is InChI=1S/C22H27N7O/c1-17-13-20(29-22(25-17)23-16-24-29)27-11-9-26(10-12-27)15-21(30)28(19-7-8-19)14-18-5-3-2-4-6-18/h2-6,13,16,19H,7-12,14-15H2,1H3. The number of fused-ring (bicyclic) bond motifs is 1. The number of piperazine rings is 1. The van der Waals surface area contributed by atoms with Gasteiger partial charge in [0.25, 0.3) is 5.78 Å². The molecule has 0 spiro atoms. The first kappa shape index (κ1) is 19.0. The first-order chi connectivity index (χ1) is 14.7. The molecule has 0 radical (unpaired) electrons. The van der Waals surface area contributed by atoms with Crippen molar-refractivity contribution in [2.45, 2.75) is 32.4 Å². The minimum atomic E-state index is 0.244. The van der Waals surface area contributed by atoms with Gasteiger partial charge >= 0.3 is 0 Å². The molecule has 8 nitrogen and oxygen atoms in total. The molecule has 1 amide bonds. The van der Waals surface area contributed by atoms with Crippen LogP contribution in [0.15, 0.2) is 42.7 Å². The predicted octanol–water partition coefficient (Wildman–Crippen LogP) is 1.75. The largest absolute Gasteiger partial charge is 0.354 e. The van der Waals surface area contributed by atoms with Crippen LogP contribution in [0.1, 0.15) is 24.1 Å². The molecular formula is C22H27N7O. The second kappa shape index (κ2) is 8.02. The van der Waals surface area contributed by atoms with Gasteiger partial charge in [0.15, 0.2) is 0 Å². The van der Waals surface area contributed by atoms with E-state index in [1.54, 1.807) is 10.8 Å².